The largest absolute Gasteiger partial charge is 0.416 e. The molecule has 0 N–H and O–H groups in total. The van der Waals surface area contributed by atoms with Gasteiger partial charge in [-0.2, -0.15) is 13.2 Å². The molecule has 2 aromatic rings. The molecular weight excluding hydrogens is 323 g/mol. The van der Waals surface area contributed by atoms with Crippen LogP contribution < -0.4 is 0 Å². The molecule has 0 saturated heterocycles. The van der Waals surface area contributed by atoms with Crippen molar-refractivity contribution < 1.29 is 18.0 Å². The maximum atomic E-state index is 12.5. The highest BCUT2D eigenvalue weighted by Gasteiger charge is 2.31. The molecule has 0 spiro atoms. The number of halogens is 4. The smallest absolute Gasteiger partial charge is 0.287 e. The fourth-order valence-corrected chi connectivity index (χ4v) is 2.07. The van der Waals surface area contributed by atoms with Crippen LogP contribution in [-0.2, 0) is 6.18 Å². The zero-order valence-electron chi connectivity index (χ0n) is 9.41. The van der Waals surface area contributed by atoms with Crippen molar-refractivity contribution in [2.24, 2.45) is 0 Å². The number of carbonyl (C=O) groups excluding carboxylic acids is 1. The lowest BCUT2D eigenvalue weighted by Gasteiger charge is -2.09. The predicted molar refractivity (Wildman–Crippen MR) is 66.8 cm³/mol. The summed E-state index contributed by atoms with van der Waals surface area (Å²) >= 11 is 2.99. The maximum Gasteiger partial charge on any atom is 0.416 e. The van der Waals surface area contributed by atoms with Crippen molar-refractivity contribution in [2.45, 2.75) is 6.18 Å². The second-order valence-corrected chi connectivity index (χ2v) is 4.59. The number of benzene rings is 1. The molecule has 1 aromatic carbocycles. The van der Waals surface area contributed by atoms with Crippen molar-refractivity contribution in [3.63, 3.8) is 0 Å². The zero-order chi connectivity index (χ0) is 14.0. The first-order valence-corrected chi connectivity index (χ1v) is 6.01. The average molecular weight is 330 g/mol. The fourth-order valence-electron chi connectivity index (χ4n) is 1.51. The Hall–Kier alpha value is -1.69. The summed E-state index contributed by atoms with van der Waals surface area (Å²) in [5.41, 5.74) is -0.480. The topological polar surface area (TPSA) is 30.0 Å². The highest BCUT2D eigenvalue weighted by Crippen LogP contribution is 2.32. The molecule has 6 heteroatoms. The first kappa shape index (κ1) is 13.7. The van der Waals surface area contributed by atoms with Crippen LogP contribution in [0.1, 0.15) is 21.6 Å². The first-order chi connectivity index (χ1) is 8.89. The summed E-state index contributed by atoms with van der Waals surface area (Å²) in [5, 5.41) is 0. The fraction of sp³-hybridized carbons (Fsp3) is 0.0769. The molecule has 2 rings (SSSR count). The van der Waals surface area contributed by atoms with Gasteiger partial charge in [0, 0.05) is 16.2 Å². The number of ketones is 1. The van der Waals surface area contributed by atoms with E-state index in [9.17, 15) is 18.0 Å². The van der Waals surface area contributed by atoms with Gasteiger partial charge in [-0.15, -0.1) is 0 Å². The van der Waals surface area contributed by atoms with Crippen molar-refractivity contribution in [3.8, 4) is 0 Å². The molecule has 0 bridgehead atoms. The van der Waals surface area contributed by atoms with E-state index in [0.717, 1.165) is 18.2 Å². The Morgan fingerprint density at radius 1 is 1.16 bits per heavy atom. The molecule has 0 saturated carbocycles. The number of carbonyl (C=O) groups is 1. The van der Waals surface area contributed by atoms with Crippen molar-refractivity contribution in [1.82, 2.24) is 4.98 Å². The number of aromatic nitrogens is 1. The van der Waals surface area contributed by atoms with Crippen LogP contribution in [0.25, 0.3) is 0 Å². The van der Waals surface area contributed by atoms with Gasteiger partial charge in [0.1, 0.15) is 5.69 Å². The number of hydrogen-bond donors (Lipinski definition) is 0. The third kappa shape index (κ3) is 3.01. The molecule has 0 amide bonds. The predicted octanol–water partition coefficient (Wildman–Crippen LogP) is 4.09. The van der Waals surface area contributed by atoms with Gasteiger partial charge in [-0.05, 0) is 30.3 Å². The monoisotopic (exact) mass is 329 g/mol. The highest BCUT2D eigenvalue weighted by atomic mass is 79.9. The van der Waals surface area contributed by atoms with Gasteiger partial charge in [0.2, 0.25) is 5.78 Å². The molecule has 0 fully saturated rings. The first-order valence-electron chi connectivity index (χ1n) is 5.22. The maximum absolute atomic E-state index is 12.5. The van der Waals surface area contributed by atoms with Gasteiger partial charge in [0.25, 0.3) is 0 Å². The molecule has 2 nitrogen and oxygen atoms in total. The molecule has 0 unspecified atom stereocenters. The standard InChI is InChI=1S/C13H7BrF3NO/c14-10-7-8(13(15,16)17)4-5-9(10)12(19)11-3-1-2-6-18-11/h1-7H. The lowest BCUT2D eigenvalue weighted by molar-refractivity contribution is -0.137. The minimum absolute atomic E-state index is 0.0954. The van der Waals surface area contributed by atoms with E-state index in [4.69, 9.17) is 0 Å². The van der Waals surface area contributed by atoms with E-state index in [1.165, 1.54) is 12.3 Å². The molecule has 1 heterocycles. The Morgan fingerprint density at radius 3 is 2.42 bits per heavy atom. The summed E-state index contributed by atoms with van der Waals surface area (Å²) in [7, 11) is 0. The van der Waals surface area contributed by atoms with Gasteiger partial charge in [-0.1, -0.05) is 22.0 Å². The normalized spacial score (nSPS) is 11.4. The third-order valence-electron chi connectivity index (χ3n) is 2.44. The summed E-state index contributed by atoms with van der Waals surface area (Å²) in [5.74, 6) is -0.429. The summed E-state index contributed by atoms with van der Waals surface area (Å²) in [6, 6.07) is 7.70. The van der Waals surface area contributed by atoms with E-state index in [1.54, 1.807) is 12.1 Å². The Morgan fingerprint density at radius 2 is 1.89 bits per heavy atom. The minimum atomic E-state index is -4.44. The van der Waals surface area contributed by atoms with Crippen LogP contribution in [0.3, 0.4) is 0 Å². The van der Waals surface area contributed by atoms with E-state index in [2.05, 4.69) is 20.9 Å². The van der Waals surface area contributed by atoms with Gasteiger partial charge < -0.3 is 0 Å². The van der Waals surface area contributed by atoms with Crippen LogP contribution >= 0.6 is 15.9 Å². The molecule has 0 aliphatic carbocycles. The average Bonchev–Trinajstić information content (AvgIpc) is 2.38. The highest BCUT2D eigenvalue weighted by molar-refractivity contribution is 9.10. The molecule has 0 atom stereocenters. The van der Waals surface area contributed by atoms with Crippen LogP contribution in [0.2, 0.25) is 0 Å². The molecule has 0 aliphatic heterocycles. The summed E-state index contributed by atoms with van der Waals surface area (Å²) in [6.07, 6.45) is -2.99. The van der Waals surface area contributed by atoms with E-state index >= 15 is 0 Å². The van der Waals surface area contributed by atoms with Crippen molar-refractivity contribution >= 4 is 21.7 Å². The molecular formula is C13H7BrF3NO. The minimum Gasteiger partial charge on any atom is -0.287 e. The summed E-state index contributed by atoms with van der Waals surface area (Å²) < 4.78 is 37.6. The number of alkyl halides is 3. The van der Waals surface area contributed by atoms with Crippen molar-refractivity contribution in [2.75, 3.05) is 0 Å². The van der Waals surface area contributed by atoms with E-state index in [1.807, 2.05) is 0 Å². The summed E-state index contributed by atoms with van der Waals surface area (Å²) in [6.45, 7) is 0. The zero-order valence-corrected chi connectivity index (χ0v) is 11.0. The Balaban J connectivity index is 2.40. The number of pyridine rings is 1. The molecule has 0 aliphatic rings. The van der Waals surface area contributed by atoms with Crippen LogP contribution in [0.15, 0.2) is 47.1 Å². The molecule has 0 radical (unpaired) electrons. The van der Waals surface area contributed by atoms with Gasteiger partial charge in [0.05, 0.1) is 5.56 Å². The lowest BCUT2D eigenvalue weighted by Crippen LogP contribution is -2.08. The van der Waals surface area contributed by atoms with Gasteiger partial charge in [0.15, 0.2) is 0 Å². The van der Waals surface area contributed by atoms with Gasteiger partial charge in [-0.3, -0.25) is 9.78 Å². The van der Waals surface area contributed by atoms with E-state index in [0.29, 0.717) is 0 Å². The van der Waals surface area contributed by atoms with E-state index < -0.39 is 17.5 Å². The molecule has 19 heavy (non-hydrogen) atoms. The van der Waals surface area contributed by atoms with Crippen LogP contribution in [0.5, 0.6) is 0 Å². The van der Waals surface area contributed by atoms with Crippen molar-refractivity contribution in [3.05, 3.63) is 63.9 Å². The SMILES string of the molecule is O=C(c1ccccn1)c1ccc(C(F)(F)F)cc1Br. The van der Waals surface area contributed by atoms with Gasteiger partial charge in [-0.25, -0.2) is 0 Å². The lowest BCUT2D eigenvalue weighted by atomic mass is 10.1. The number of hydrogen-bond acceptors (Lipinski definition) is 2. The van der Waals surface area contributed by atoms with Gasteiger partial charge >= 0.3 is 6.18 Å². The third-order valence-corrected chi connectivity index (χ3v) is 3.09. The van der Waals surface area contributed by atoms with Crippen LogP contribution in [-0.4, -0.2) is 10.8 Å². The molecule has 1 aromatic heterocycles. The Kier molecular flexibility index (Phi) is 3.71. The summed E-state index contributed by atoms with van der Waals surface area (Å²) in [4.78, 5) is 15.9. The Bertz CT molecular complexity index is 611. The second kappa shape index (κ2) is 5.13. The van der Waals surface area contributed by atoms with Crippen molar-refractivity contribution in [1.29, 1.82) is 0 Å². The van der Waals surface area contributed by atoms with Crippen LogP contribution in [0.4, 0.5) is 13.2 Å². The molecule has 98 valence electrons. The number of rotatable bonds is 2. The number of nitrogens with zero attached hydrogens (tertiary/aromatic N) is 1. The second-order valence-electron chi connectivity index (χ2n) is 3.74. The van der Waals surface area contributed by atoms with E-state index in [-0.39, 0.29) is 15.7 Å². The Labute approximate surface area is 115 Å². The quantitative estimate of drug-likeness (QED) is 0.776. The van der Waals surface area contributed by atoms with Crippen LogP contribution in [0, 0.1) is 0 Å².